The fourth-order valence-electron chi connectivity index (χ4n) is 2.30. The zero-order valence-electron chi connectivity index (χ0n) is 10.7. The summed E-state index contributed by atoms with van der Waals surface area (Å²) in [4.78, 5) is 35.8. The van der Waals surface area contributed by atoms with Crippen molar-refractivity contribution >= 4 is 33.8 Å². The van der Waals surface area contributed by atoms with Crippen LogP contribution >= 0.6 is 15.9 Å². The Hall–Kier alpha value is -1.89. The lowest BCUT2D eigenvalue weighted by molar-refractivity contribution is -0.143. The molecule has 1 aliphatic heterocycles. The van der Waals surface area contributed by atoms with E-state index in [0.717, 1.165) is 9.37 Å². The van der Waals surface area contributed by atoms with Crippen molar-refractivity contribution < 1.29 is 19.5 Å². The van der Waals surface area contributed by atoms with Crippen LogP contribution in [0.5, 0.6) is 0 Å². The minimum Gasteiger partial charge on any atom is -0.480 e. The summed E-state index contributed by atoms with van der Waals surface area (Å²) in [5.41, 5.74) is -0.573. The van der Waals surface area contributed by atoms with E-state index < -0.39 is 30.0 Å². The molecule has 6 nitrogen and oxygen atoms in total. The van der Waals surface area contributed by atoms with Crippen LogP contribution in [0.25, 0.3) is 0 Å². The first-order valence-electron chi connectivity index (χ1n) is 6.02. The van der Waals surface area contributed by atoms with E-state index >= 15 is 0 Å². The summed E-state index contributed by atoms with van der Waals surface area (Å²) in [5.74, 6) is -1.76. The molecule has 1 fully saturated rings. The predicted octanol–water partition coefficient (Wildman–Crippen LogP) is 1.69. The number of rotatable bonds is 4. The molecule has 0 aliphatic carbocycles. The van der Waals surface area contributed by atoms with Crippen molar-refractivity contribution in [1.82, 2.24) is 10.2 Å². The van der Waals surface area contributed by atoms with E-state index in [1.807, 2.05) is 6.07 Å². The van der Waals surface area contributed by atoms with E-state index in [4.69, 9.17) is 5.11 Å². The average Bonchev–Trinajstić information content (AvgIpc) is 2.63. The highest BCUT2D eigenvalue weighted by atomic mass is 79.9. The van der Waals surface area contributed by atoms with Crippen LogP contribution in [0.1, 0.15) is 18.9 Å². The van der Waals surface area contributed by atoms with Crippen LogP contribution in [0.2, 0.25) is 0 Å². The zero-order chi connectivity index (χ0) is 14.9. The summed E-state index contributed by atoms with van der Waals surface area (Å²) in [6.45, 7) is 1.13. The molecule has 1 aromatic rings. The van der Waals surface area contributed by atoms with E-state index in [2.05, 4.69) is 21.2 Å². The lowest BCUT2D eigenvalue weighted by atomic mass is 9.87. The van der Waals surface area contributed by atoms with Gasteiger partial charge in [-0.2, -0.15) is 0 Å². The van der Waals surface area contributed by atoms with Gasteiger partial charge in [0.05, 0.1) is 0 Å². The molecule has 1 aromatic carbocycles. The number of imide groups is 1. The number of hydrogen-bond donors (Lipinski definition) is 2. The number of benzene rings is 1. The molecule has 0 radical (unpaired) electrons. The first-order valence-corrected chi connectivity index (χ1v) is 6.82. The second-order valence-corrected chi connectivity index (χ2v) is 5.40. The molecule has 1 atom stereocenters. The summed E-state index contributed by atoms with van der Waals surface area (Å²) < 4.78 is 0.779. The number of carbonyl (C=O) groups is 3. The van der Waals surface area contributed by atoms with Gasteiger partial charge in [0.1, 0.15) is 12.1 Å². The molecule has 0 bridgehead atoms. The van der Waals surface area contributed by atoms with Gasteiger partial charge in [0.25, 0.3) is 5.91 Å². The first kappa shape index (κ1) is 14.5. The van der Waals surface area contributed by atoms with Crippen molar-refractivity contribution in [3.05, 3.63) is 34.3 Å². The van der Waals surface area contributed by atoms with E-state index in [9.17, 15) is 14.4 Å². The van der Waals surface area contributed by atoms with Gasteiger partial charge in [0.2, 0.25) is 0 Å². The van der Waals surface area contributed by atoms with Crippen LogP contribution in [0.15, 0.2) is 28.7 Å². The minimum absolute atomic E-state index is 0.337. The van der Waals surface area contributed by atoms with Gasteiger partial charge in [0.15, 0.2) is 0 Å². The van der Waals surface area contributed by atoms with Crippen LogP contribution in [-0.4, -0.2) is 34.5 Å². The highest BCUT2D eigenvalue weighted by molar-refractivity contribution is 9.10. The third kappa shape index (κ3) is 2.29. The van der Waals surface area contributed by atoms with Gasteiger partial charge in [-0.05, 0) is 24.1 Å². The summed E-state index contributed by atoms with van der Waals surface area (Å²) in [6.07, 6.45) is 0.337. The fourth-order valence-corrected chi connectivity index (χ4v) is 2.70. The Balaban J connectivity index is 2.45. The Kier molecular flexibility index (Phi) is 3.80. The van der Waals surface area contributed by atoms with Gasteiger partial charge >= 0.3 is 12.0 Å². The van der Waals surface area contributed by atoms with Crippen LogP contribution in [0.4, 0.5) is 4.79 Å². The van der Waals surface area contributed by atoms with E-state index in [1.54, 1.807) is 25.1 Å². The number of nitrogens with one attached hydrogen (secondary N) is 1. The molecule has 3 amide bonds. The van der Waals surface area contributed by atoms with Crippen LogP contribution in [0.3, 0.4) is 0 Å². The maximum Gasteiger partial charge on any atom is 0.325 e. The summed E-state index contributed by atoms with van der Waals surface area (Å²) in [5, 5.41) is 11.4. The lowest BCUT2D eigenvalue weighted by Crippen LogP contribution is -2.43. The monoisotopic (exact) mass is 340 g/mol. The molecule has 1 unspecified atom stereocenters. The summed E-state index contributed by atoms with van der Waals surface area (Å²) >= 11 is 3.32. The molecule has 0 aromatic heterocycles. The second kappa shape index (κ2) is 5.24. The number of nitrogens with zero attached hydrogens (tertiary/aromatic N) is 1. The molecule has 0 spiro atoms. The third-order valence-corrected chi connectivity index (χ3v) is 3.81. The minimum atomic E-state index is -1.23. The van der Waals surface area contributed by atoms with Crippen LogP contribution in [-0.2, 0) is 15.1 Å². The predicted molar refractivity (Wildman–Crippen MR) is 74.0 cm³/mol. The normalized spacial score (nSPS) is 22.0. The molecule has 1 saturated heterocycles. The molecular formula is C13H13BrN2O4. The second-order valence-electron chi connectivity index (χ2n) is 4.48. The Morgan fingerprint density at radius 1 is 1.45 bits per heavy atom. The van der Waals surface area contributed by atoms with Gasteiger partial charge in [-0.15, -0.1) is 0 Å². The molecule has 0 saturated carbocycles. The number of carbonyl (C=O) groups excluding carboxylic acids is 2. The number of hydrogen-bond acceptors (Lipinski definition) is 3. The van der Waals surface area contributed by atoms with E-state index in [-0.39, 0.29) is 0 Å². The van der Waals surface area contributed by atoms with Gasteiger partial charge < -0.3 is 10.4 Å². The standard InChI is InChI=1S/C13H13BrN2O4/c1-2-13(8-4-3-5-9(14)6-8)11(19)16(7-10(17)18)12(20)15-13/h3-6H,2,7H2,1H3,(H,15,20)(H,17,18). The van der Waals surface area contributed by atoms with Crippen molar-refractivity contribution in [2.24, 2.45) is 0 Å². The first-order chi connectivity index (χ1) is 9.40. The van der Waals surface area contributed by atoms with Gasteiger partial charge in [-0.25, -0.2) is 4.79 Å². The van der Waals surface area contributed by atoms with Gasteiger partial charge in [-0.3, -0.25) is 14.5 Å². The zero-order valence-corrected chi connectivity index (χ0v) is 12.3. The number of amides is 3. The molecule has 106 valence electrons. The maximum absolute atomic E-state index is 12.5. The van der Waals surface area contributed by atoms with E-state index in [1.165, 1.54) is 0 Å². The SMILES string of the molecule is CCC1(c2cccc(Br)c2)NC(=O)N(CC(=O)O)C1=O. The van der Waals surface area contributed by atoms with Crippen molar-refractivity contribution in [2.75, 3.05) is 6.54 Å². The Bertz CT molecular complexity index is 589. The molecule has 1 aliphatic rings. The van der Waals surface area contributed by atoms with E-state index in [0.29, 0.717) is 12.0 Å². The molecule has 20 heavy (non-hydrogen) atoms. The number of urea groups is 1. The average molecular weight is 341 g/mol. The lowest BCUT2D eigenvalue weighted by Gasteiger charge is -2.25. The molecule has 7 heteroatoms. The molecule has 2 N–H and O–H groups in total. The molecule has 2 rings (SSSR count). The number of halogens is 1. The topological polar surface area (TPSA) is 86.7 Å². The molecular weight excluding hydrogens is 328 g/mol. The van der Waals surface area contributed by atoms with Gasteiger partial charge in [-0.1, -0.05) is 35.0 Å². The quantitative estimate of drug-likeness (QED) is 0.816. The summed E-state index contributed by atoms with van der Waals surface area (Å²) in [6, 6.07) is 6.36. The summed E-state index contributed by atoms with van der Waals surface area (Å²) in [7, 11) is 0. The number of aliphatic carboxylic acids is 1. The Morgan fingerprint density at radius 2 is 2.15 bits per heavy atom. The maximum atomic E-state index is 12.5. The Labute approximate surface area is 123 Å². The van der Waals surface area contributed by atoms with Crippen molar-refractivity contribution in [3.63, 3.8) is 0 Å². The fraction of sp³-hybridized carbons (Fsp3) is 0.308. The smallest absolute Gasteiger partial charge is 0.325 e. The molecule has 1 heterocycles. The van der Waals surface area contributed by atoms with Crippen molar-refractivity contribution in [1.29, 1.82) is 0 Å². The Morgan fingerprint density at radius 3 is 2.70 bits per heavy atom. The van der Waals surface area contributed by atoms with Crippen LogP contribution in [0, 0.1) is 0 Å². The third-order valence-electron chi connectivity index (χ3n) is 3.32. The highest BCUT2D eigenvalue weighted by Gasteiger charge is 2.51. The number of carboxylic acid groups (broad SMARTS) is 1. The highest BCUT2D eigenvalue weighted by Crippen LogP contribution is 2.33. The van der Waals surface area contributed by atoms with Crippen LogP contribution < -0.4 is 5.32 Å². The van der Waals surface area contributed by atoms with Crippen molar-refractivity contribution in [2.45, 2.75) is 18.9 Å². The van der Waals surface area contributed by atoms with Crippen molar-refractivity contribution in [3.8, 4) is 0 Å². The largest absolute Gasteiger partial charge is 0.480 e. The number of carboxylic acids is 1. The van der Waals surface area contributed by atoms with Gasteiger partial charge in [0, 0.05) is 4.47 Å².